The van der Waals surface area contributed by atoms with Gasteiger partial charge in [0.2, 0.25) is 17.8 Å². The van der Waals surface area contributed by atoms with Gasteiger partial charge in [0.15, 0.2) is 34.0 Å². The molecule has 11 rings (SSSR count). The van der Waals surface area contributed by atoms with E-state index in [0.29, 0.717) is 53.4 Å². The van der Waals surface area contributed by atoms with Crippen molar-refractivity contribution in [3.8, 4) is 22.3 Å². The van der Waals surface area contributed by atoms with Gasteiger partial charge in [0.1, 0.15) is 0 Å². The summed E-state index contributed by atoms with van der Waals surface area (Å²) >= 11 is 17.9. The molecule has 4 heterocycles. The van der Waals surface area contributed by atoms with Crippen LogP contribution in [0.3, 0.4) is 0 Å². The van der Waals surface area contributed by atoms with Gasteiger partial charge >= 0.3 is 7.12 Å². The number of carbonyl (C=O) groups excluding carboxylic acids is 1. The van der Waals surface area contributed by atoms with Gasteiger partial charge in [-0.25, -0.2) is 9.97 Å². The molecule has 21 heteroatoms. The average Bonchev–Trinajstić information content (AvgIpc) is 4.36. The maximum atomic E-state index is 11.4. The Kier molecular flexibility index (Phi) is 20.6. The minimum absolute atomic E-state index is 0.0342. The molecule has 0 unspecified atom stereocenters. The van der Waals surface area contributed by atoms with Crippen LogP contribution in [0.4, 0.5) is 23.5 Å². The maximum Gasteiger partial charge on any atom is 0.488 e. The summed E-state index contributed by atoms with van der Waals surface area (Å²) < 4.78 is 4.16. The number of fused-ring (bicyclic) bond motifs is 2. The van der Waals surface area contributed by atoms with Gasteiger partial charge in [-0.05, 0) is 154 Å². The van der Waals surface area contributed by atoms with Gasteiger partial charge in [-0.15, -0.1) is 0 Å². The minimum atomic E-state index is -1.43. The van der Waals surface area contributed by atoms with Crippen molar-refractivity contribution < 1.29 is 14.8 Å². The molecule has 0 spiro atoms. The van der Waals surface area contributed by atoms with Gasteiger partial charge in [0.25, 0.3) is 0 Å². The molecule has 17 nitrogen and oxygen atoms in total. The van der Waals surface area contributed by atoms with Crippen molar-refractivity contribution in [3.05, 3.63) is 160 Å². The fourth-order valence-electron chi connectivity index (χ4n) is 10.3. The van der Waals surface area contributed by atoms with Crippen molar-refractivity contribution >= 4 is 99.2 Å². The second-order valence-corrected chi connectivity index (χ2v) is 23.1. The van der Waals surface area contributed by atoms with Gasteiger partial charge in [0.05, 0.1) is 12.7 Å². The number of halogens is 3. The molecule has 9 aromatic rings. The lowest BCUT2D eigenvalue weighted by atomic mass is 9.81. The summed E-state index contributed by atoms with van der Waals surface area (Å²) in [5.74, 6) is 2.72. The normalized spacial score (nSPS) is 16.8. The number of carbonyl (C=O) groups is 1. The van der Waals surface area contributed by atoms with Crippen LogP contribution in [0.5, 0.6) is 0 Å². The predicted molar refractivity (Wildman–Crippen MR) is 338 cm³/mol. The van der Waals surface area contributed by atoms with Gasteiger partial charge < -0.3 is 51.5 Å². The number of aromatic nitrogens is 8. The van der Waals surface area contributed by atoms with E-state index in [0.717, 1.165) is 123 Å². The third-order valence-electron chi connectivity index (χ3n) is 14.8. The van der Waals surface area contributed by atoms with Crippen LogP contribution < -0.4 is 37.8 Å². The molecule has 2 saturated carbocycles. The van der Waals surface area contributed by atoms with Crippen molar-refractivity contribution in [2.24, 2.45) is 5.73 Å². The topological polar surface area (TPSA) is 231 Å². The zero-order valence-corrected chi connectivity index (χ0v) is 49.7. The number of nitrogens with two attached hydrogens (primary N) is 1. The summed E-state index contributed by atoms with van der Waals surface area (Å²) in [6.45, 7) is 11.3. The summed E-state index contributed by atoms with van der Waals surface area (Å²) in [4.78, 5) is 40.0. The van der Waals surface area contributed by atoms with Crippen molar-refractivity contribution in [2.45, 2.75) is 135 Å². The predicted octanol–water partition coefficient (Wildman–Crippen LogP) is 12.2. The number of amides is 1. The number of hydrogen-bond acceptors (Lipinski definition) is 14. The highest BCUT2D eigenvalue weighted by atomic mass is 35.5. The van der Waals surface area contributed by atoms with Crippen LogP contribution in [-0.2, 0) is 17.9 Å². The quantitative estimate of drug-likeness (QED) is 0.0421. The van der Waals surface area contributed by atoms with Crippen molar-refractivity contribution in [1.29, 1.82) is 0 Å². The van der Waals surface area contributed by atoms with E-state index in [9.17, 15) is 4.79 Å². The van der Waals surface area contributed by atoms with Crippen molar-refractivity contribution in [2.75, 3.05) is 21.3 Å². The van der Waals surface area contributed by atoms with Crippen LogP contribution in [-0.4, -0.2) is 86.3 Å². The van der Waals surface area contributed by atoms with E-state index in [4.69, 9.17) is 70.5 Å². The highest BCUT2D eigenvalue weighted by Crippen LogP contribution is 2.30. The molecule has 5 aromatic carbocycles. The van der Waals surface area contributed by atoms with Crippen LogP contribution >= 0.6 is 34.8 Å². The number of nitrogens with zero attached hydrogens (tertiary/aromatic N) is 8. The van der Waals surface area contributed by atoms with E-state index in [1.54, 1.807) is 25.1 Å². The first-order valence-corrected chi connectivity index (χ1v) is 29.5. The second kappa shape index (κ2) is 28.3. The second-order valence-electron chi connectivity index (χ2n) is 21.8. The van der Waals surface area contributed by atoms with E-state index in [1.807, 2.05) is 49.1 Å². The Labute approximate surface area is 500 Å². The van der Waals surface area contributed by atoms with E-state index in [2.05, 4.69) is 134 Å². The summed E-state index contributed by atoms with van der Waals surface area (Å²) in [7, 11) is -1.43. The number of imidazole rings is 2. The number of anilines is 4. The molecule has 1 amide bonds. The summed E-state index contributed by atoms with van der Waals surface area (Å²) in [6, 6.07) is 40.8. The van der Waals surface area contributed by atoms with Gasteiger partial charge in [-0.2, -0.15) is 19.9 Å². The molecular weight excluding hydrogens is 1110 g/mol. The van der Waals surface area contributed by atoms with Crippen molar-refractivity contribution in [3.63, 3.8) is 0 Å². The lowest BCUT2D eigenvalue weighted by molar-refractivity contribution is -0.119. The van der Waals surface area contributed by atoms with Gasteiger partial charge in [0, 0.05) is 71.3 Å². The molecule has 0 bridgehead atoms. The lowest BCUT2D eigenvalue weighted by Crippen LogP contribution is -2.39. The molecule has 2 aliphatic rings. The first-order chi connectivity index (χ1) is 40.0. The minimum Gasteiger partial charge on any atom is -0.423 e. The number of nitrogens with one attached hydrogen (secondary N) is 5. The third kappa shape index (κ3) is 16.5. The Morgan fingerprint density at radius 2 is 0.976 bits per heavy atom. The molecule has 0 atom stereocenters. The van der Waals surface area contributed by atoms with Crippen LogP contribution in [0.15, 0.2) is 134 Å². The molecule has 0 saturated heterocycles. The fourth-order valence-corrected chi connectivity index (χ4v) is 10.8. The van der Waals surface area contributed by atoms with Crippen molar-refractivity contribution in [1.82, 2.24) is 44.4 Å². The number of hydrogen-bond donors (Lipinski definition) is 8. The molecule has 2 aliphatic carbocycles. The molecule has 83 heavy (non-hydrogen) atoms. The van der Waals surface area contributed by atoms with Gasteiger partial charge in [-0.1, -0.05) is 120 Å². The molecule has 4 aromatic heterocycles. The molecule has 2 fully saturated rings. The third-order valence-corrected chi connectivity index (χ3v) is 15.5. The van der Waals surface area contributed by atoms with Crippen LogP contribution in [0, 0.1) is 0 Å². The smallest absolute Gasteiger partial charge is 0.423 e. The standard InChI is InChI=1S/C29H34ClN7O.C27H32ClN7.C6H6BClO2/c1-18(2)37-17-32-26-27(31-16-20-7-9-21(10-8-20)22-5-4-6-23(30)15-22)35-29(36-28(26)37)34-25-13-11-24(12-14-25)33-19(3)38;1-17(2)35-16-31-24-25(33-27(34-26(24)35)32-23-12-10-22(29)11-13-23)30-15-18-6-8-19(9-7-18)20-4-3-5-21(28)14-20;8-6-3-1-2-5(4-6)7(9)10/h4-10,15,17-18,24-25H,11-14,16H2,1-3H3,(H,33,38)(H2,31,34,35,36);3-9,14,16-17,22-23H,10-13,15,29H2,1-2H3,(H2,30,32,33,34);1-4,9-10H. The molecular formula is C62H72BCl3N14O3. The monoisotopic (exact) mass is 1180 g/mol. The summed E-state index contributed by atoms with van der Waals surface area (Å²) in [5, 5.41) is 36.4. The Morgan fingerprint density at radius 1 is 0.566 bits per heavy atom. The van der Waals surface area contributed by atoms with E-state index in [1.165, 1.54) is 6.07 Å². The largest absolute Gasteiger partial charge is 0.488 e. The van der Waals surface area contributed by atoms with E-state index >= 15 is 0 Å². The Balaban J connectivity index is 0.000000171. The summed E-state index contributed by atoms with van der Waals surface area (Å²) in [5.41, 5.74) is 16.4. The van der Waals surface area contributed by atoms with Crippen LogP contribution in [0.25, 0.3) is 44.6 Å². The zero-order chi connectivity index (χ0) is 58.6. The lowest BCUT2D eigenvalue weighted by Gasteiger charge is -2.29. The highest BCUT2D eigenvalue weighted by molar-refractivity contribution is 6.59. The molecule has 0 radical (unpaired) electrons. The average molecular weight is 1180 g/mol. The van der Waals surface area contributed by atoms with E-state index < -0.39 is 7.12 Å². The SMILES string of the molecule is CC(=O)NC1CCC(Nc2nc(NCc3ccc(-c4cccc(Cl)c4)cc3)c3ncn(C(C)C)c3n2)CC1.CC(C)n1cnc2c(NCc3ccc(-c4cccc(Cl)c4)cc3)nc(NC3CCC(N)CC3)nc21.OB(O)c1cccc(Cl)c1. The van der Waals surface area contributed by atoms with Crippen LogP contribution in [0.1, 0.15) is 109 Å². The number of rotatable bonds is 16. The molecule has 432 valence electrons. The Morgan fingerprint density at radius 3 is 1.36 bits per heavy atom. The first-order valence-electron chi connectivity index (χ1n) is 28.4. The maximum absolute atomic E-state index is 11.4. The van der Waals surface area contributed by atoms with Crippen LogP contribution in [0.2, 0.25) is 15.1 Å². The fraction of sp³-hybridized carbons (Fsp3) is 0.339. The zero-order valence-electron chi connectivity index (χ0n) is 47.4. The first kappa shape index (κ1) is 60.3. The Hall–Kier alpha value is -7.32. The molecule has 9 N–H and O–H groups in total. The Bertz CT molecular complexity index is 3590. The highest BCUT2D eigenvalue weighted by Gasteiger charge is 2.25. The van der Waals surface area contributed by atoms with Gasteiger partial charge in [-0.3, -0.25) is 4.79 Å². The molecule has 0 aliphatic heterocycles. The summed E-state index contributed by atoms with van der Waals surface area (Å²) in [6.07, 6.45) is 11.6. The van der Waals surface area contributed by atoms with E-state index in [-0.39, 0.29) is 30.1 Å². The number of benzene rings is 5.